The monoisotopic (exact) mass is 793 g/mol. The third-order valence-corrected chi connectivity index (χ3v) is 11.1. The Labute approximate surface area is 307 Å². The Kier molecular flexibility index (Phi) is 12.3. The summed E-state index contributed by atoms with van der Waals surface area (Å²) in [5.41, 5.74) is -4.94. The number of ether oxygens (including phenoxy) is 1. The summed E-state index contributed by atoms with van der Waals surface area (Å²) >= 11 is 12.6. The number of nitrogens with one attached hydrogen (secondary N) is 1. The van der Waals surface area contributed by atoms with E-state index in [0.29, 0.717) is 30.0 Å². The van der Waals surface area contributed by atoms with Gasteiger partial charge in [0.15, 0.2) is 9.84 Å². The number of piperidine rings is 1. The van der Waals surface area contributed by atoms with Gasteiger partial charge in [-0.15, -0.1) is 0 Å². The van der Waals surface area contributed by atoms with Crippen LogP contribution in [0.5, 0.6) is 0 Å². The first-order valence-electron chi connectivity index (χ1n) is 16.3. The highest BCUT2D eigenvalue weighted by atomic mass is 35.5. The average molecular weight is 795 g/mol. The molecule has 19 heteroatoms. The molecule has 13 nitrogen and oxygen atoms in total. The minimum atomic E-state index is -5.00. The molecule has 0 unspecified atom stereocenters. The number of benzene rings is 2. The van der Waals surface area contributed by atoms with Crippen LogP contribution in [0, 0.1) is 0 Å². The van der Waals surface area contributed by atoms with E-state index in [-0.39, 0.29) is 46.4 Å². The van der Waals surface area contributed by atoms with Gasteiger partial charge in [0.2, 0.25) is 0 Å². The quantitative estimate of drug-likeness (QED) is 0.264. The molecule has 1 aromatic heterocycles. The fraction of sp³-hybridized carbons (Fsp3) is 0.515. The molecule has 1 fully saturated rings. The highest BCUT2D eigenvalue weighted by molar-refractivity contribution is 7.91. The van der Waals surface area contributed by atoms with Gasteiger partial charge in [0.25, 0.3) is 5.56 Å². The maximum absolute atomic E-state index is 14.6. The lowest BCUT2D eigenvalue weighted by Crippen LogP contribution is -2.52. The molecule has 1 atom stereocenters. The Morgan fingerprint density at radius 1 is 1.10 bits per heavy atom. The molecular formula is C33H40Cl2F3N5O8S. The summed E-state index contributed by atoms with van der Waals surface area (Å²) < 4.78 is 75.2. The molecule has 0 radical (unpaired) electrons. The second kappa shape index (κ2) is 15.7. The smallest absolute Gasteiger partial charge is 0.416 e. The molecule has 2 amide bonds. The molecule has 0 spiro atoms. The number of alkyl halides is 3. The van der Waals surface area contributed by atoms with Crippen molar-refractivity contribution in [1.82, 2.24) is 24.3 Å². The molecule has 286 valence electrons. The number of aromatic nitrogens is 2. The number of hydrogen-bond donors (Lipinski definition) is 2. The number of rotatable bonds is 10. The number of carboxylic acid groups (broad SMARTS) is 1. The van der Waals surface area contributed by atoms with E-state index in [1.807, 2.05) is 0 Å². The molecular weight excluding hydrogens is 754 g/mol. The zero-order valence-electron chi connectivity index (χ0n) is 29.1. The molecule has 2 aromatic carbocycles. The number of sulfone groups is 1. The SMILES string of the molecule is CCS(=O)(=O)c1ccc(Cl)cc1Cn1c(=O)[nH]c2c(Cl)c(CN3CCC[C@H](N(CCN(C)C(=O)OC(C)(C)C)C(=O)O)C3)c(C(F)(F)F)cc2c1=O. The van der Waals surface area contributed by atoms with Gasteiger partial charge in [-0.2, -0.15) is 13.2 Å². The number of carbonyl (C=O) groups excluding carboxylic acids is 1. The minimum Gasteiger partial charge on any atom is -0.465 e. The lowest BCUT2D eigenvalue weighted by Gasteiger charge is -2.39. The highest BCUT2D eigenvalue weighted by Gasteiger charge is 2.38. The van der Waals surface area contributed by atoms with Gasteiger partial charge in [-0.1, -0.05) is 30.1 Å². The lowest BCUT2D eigenvalue weighted by molar-refractivity contribution is -0.138. The summed E-state index contributed by atoms with van der Waals surface area (Å²) in [5.74, 6) is -0.296. The van der Waals surface area contributed by atoms with Gasteiger partial charge in [-0.3, -0.25) is 14.3 Å². The Balaban J connectivity index is 1.67. The molecule has 0 aliphatic carbocycles. The number of amides is 2. The molecule has 1 saturated heterocycles. The highest BCUT2D eigenvalue weighted by Crippen LogP contribution is 2.39. The van der Waals surface area contributed by atoms with Crippen LogP contribution < -0.4 is 11.2 Å². The second-order valence-corrected chi connectivity index (χ2v) is 16.6. The van der Waals surface area contributed by atoms with E-state index in [2.05, 4.69) is 4.98 Å². The fourth-order valence-corrected chi connectivity index (χ4v) is 7.64. The van der Waals surface area contributed by atoms with Gasteiger partial charge in [0, 0.05) is 44.3 Å². The van der Waals surface area contributed by atoms with E-state index in [1.54, 1.807) is 25.7 Å². The molecule has 52 heavy (non-hydrogen) atoms. The van der Waals surface area contributed by atoms with E-state index >= 15 is 0 Å². The predicted molar refractivity (Wildman–Crippen MR) is 189 cm³/mol. The van der Waals surface area contributed by atoms with Crippen molar-refractivity contribution in [3.05, 3.63) is 71.8 Å². The molecule has 0 saturated carbocycles. The van der Waals surface area contributed by atoms with Gasteiger partial charge in [-0.05, 0) is 75.5 Å². The van der Waals surface area contributed by atoms with Crippen molar-refractivity contribution < 1.29 is 41.0 Å². The number of hydrogen-bond acceptors (Lipinski definition) is 8. The number of carbonyl (C=O) groups is 2. The Morgan fingerprint density at radius 3 is 2.37 bits per heavy atom. The molecule has 2 heterocycles. The first-order chi connectivity index (χ1) is 24.0. The van der Waals surface area contributed by atoms with E-state index in [0.717, 1.165) is 4.90 Å². The number of aromatic amines is 1. The molecule has 1 aliphatic rings. The van der Waals surface area contributed by atoms with Crippen molar-refractivity contribution in [3.63, 3.8) is 0 Å². The van der Waals surface area contributed by atoms with E-state index in [4.69, 9.17) is 27.9 Å². The minimum absolute atomic E-state index is 0.00434. The Morgan fingerprint density at radius 2 is 1.77 bits per heavy atom. The molecule has 4 rings (SSSR count). The average Bonchev–Trinajstić information content (AvgIpc) is 3.03. The number of H-pyrrole nitrogens is 1. The summed E-state index contributed by atoms with van der Waals surface area (Å²) in [7, 11) is -2.37. The maximum Gasteiger partial charge on any atom is 0.416 e. The van der Waals surface area contributed by atoms with Crippen LogP contribution in [0.2, 0.25) is 10.0 Å². The van der Waals surface area contributed by atoms with Crippen molar-refractivity contribution in [2.24, 2.45) is 0 Å². The van der Waals surface area contributed by atoms with Crippen LogP contribution in [0.3, 0.4) is 0 Å². The van der Waals surface area contributed by atoms with Gasteiger partial charge >= 0.3 is 24.1 Å². The fourth-order valence-electron chi connectivity index (χ4n) is 6.02. The van der Waals surface area contributed by atoms with Crippen LogP contribution in [-0.4, -0.2) is 101 Å². The summed E-state index contributed by atoms with van der Waals surface area (Å²) in [6.45, 7) is 5.75. The van der Waals surface area contributed by atoms with Gasteiger partial charge < -0.3 is 24.6 Å². The first-order valence-corrected chi connectivity index (χ1v) is 18.7. The Hall–Kier alpha value is -3.80. The number of likely N-dealkylation sites (tertiary alicyclic amines) is 1. The van der Waals surface area contributed by atoms with Gasteiger partial charge in [0.05, 0.1) is 38.7 Å². The normalized spacial score (nSPS) is 15.8. The van der Waals surface area contributed by atoms with Gasteiger partial charge in [0.1, 0.15) is 5.60 Å². The number of halogens is 5. The van der Waals surface area contributed by atoms with E-state index in [1.165, 1.54) is 37.1 Å². The van der Waals surface area contributed by atoms with Gasteiger partial charge in [-0.25, -0.2) is 22.8 Å². The lowest BCUT2D eigenvalue weighted by atomic mass is 9.99. The molecule has 0 bridgehead atoms. The van der Waals surface area contributed by atoms with Crippen molar-refractivity contribution in [1.29, 1.82) is 0 Å². The third kappa shape index (κ3) is 9.40. The van der Waals surface area contributed by atoms with Crippen molar-refractivity contribution in [3.8, 4) is 0 Å². The summed E-state index contributed by atoms with van der Waals surface area (Å²) in [5, 5.41) is 9.05. The number of likely N-dealkylation sites (N-methyl/N-ethyl adjacent to an activating group) is 1. The number of nitrogens with zero attached hydrogens (tertiary/aromatic N) is 4. The molecule has 2 N–H and O–H groups in total. The number of fused-ring (bicyclic) bond motifs is 1. The topological polar surface area (TPSA) is 162 Å². The summed E-state index contributed by atoms with van der Waals surface area (Å²) in [4.78, 5) is 57.7. The largest absolute Gasteiger partial charge is 0.465 e. The van der Waals surface area contributed by atoms with Crippen LogP contribution in [0.25, 0.3) is 10.9 Å². The van der Waals surface area contributed by atoms with E-state index < -0.39 is 85.7 Å². The van der Waals surface area contributed by atoms with Crippen molar-refractivity contribution in [2.45, 2.75) is 76.3 Å². The first kappa shape index (κ1) is 41.0. The van der Waals surface area contributed by atoms with Crippen LogP contribution in [0.1, 0.15) is 57.2 Å². The van der Waals surface area contributed by atoms with Crippen molar-refractivity contribution in [2.75, 3.05) is 39.0 Å². The van der Waals surface area contributed by atoms with Crippen LogP contribution >= 0.6 is 23.2 Å². The zero-order valence-corrected chi connectivity index (χ0v) is 31.5. The maximum atomic E-state index is 14.6. The molecule has 3 aromatic rings. The van der Waals surface area contributed by atoms with Crippen LogP contribution in [-0.2, 0) is 33.8 Å². The summed E-state index contributed by atoms with van der Waals surface area (Å²) in [6.07, 6.45) is -6.06. The third-order valence-electron chi connectivity index (χ3n) is 8.62. The van der Waals surface area contributed by atoms with E-state index in [9.17, 15) is 45.9 Å². The van der Waals surface area contributed by atoms with Crippen LogP contribution in [0.15, 0.2) is 38.8 Å². The standard InChI is InChI=1S/C33H40Cl2F3N5O8S/c1-6-52(49,50)25-10-9-20(34)14-19(25)16-43-28(44)22-15-24(33(36,37)38)23(26(35)27(22)39-29(43)45)18-41-11-7-8-21(17-41)42(30(46)47)13-12-40(5)31(48)51-32(2,3)4/h9-10,14-15,21H,6-8,11-13,16-18H2,1-5H3,(H,39,45)(H,46,47)/t21-/m0/s1. The summed E-state index contributed by atoms with van der Waals surface area (Å²) in [6, 6.07) is 3.78. The van der Waals surface area contributed by atoms with Crippen molar-refractivity contribution >= 4 is 56.1 Å². The van der Waals surface area contributed by atoms with Crippen LogP contribution in [0.4, 0.5) is 22.8 Å². The second-order valence-electron chi connectivity index (χ2n) is 13.5. The zero-order chi connectivity index (χ0) is 38.9. The Bertz CT molecular complexity index is 2080. The molecule has 1 aliphatic heterocycles. The predicted octanol–water partition coefficient (Wildman–Crippen LogP) is 5.67.